The highest BCUT2D eigenvalue weighted by Gasteiger charge is 2.27. The molecule has 1 saturated carbocycles. The van der Waals surface area contributed by atoms with Crippen molar-refractivity contribution in [3.63, 3.8) is 0 Å². The van der Waals surface area contributed by atoms with Gasteiger partial charge in [0.15, 0.2) is 5.82 Å². The summed E-state index contributed by atoms with van der Waals surface area (Å²) in [7, 11) is 3.40. The molecule has 0 bridgehead atoms. The fourth-order valence-corrected chi connectivity index (χ4v) is 3.21. The molecule has 122 valence electrons. The third-order valence-corrected chi connectivity index (χ3v) is 4.87. The molecule has 0 aliphatic heterocycles. The van der Waals surface area contributed by atoms with Gasteiger partial charge in [-0.25, -0.2) is 4.79 Å². The Morgan fingerprint density at radius 2 is 2.09 bits per heavy atom. The third kappa shape index (κ3) is 2.64. The maximum absolute atomic E-state index is 12.1. The fraction of sp³-hybridized carbons (Fsp3) is 0.500. The average Bonchev–Trinajstić information content (AvgIpc) is 2.86. The van der Waals surface area contributed by atoms with Crippen LogP contribution < -0.4 is 0 Å². The molecule has 0 amide bonds. The lowest BCUT2D eigenvalue weighted by Gasteiger charge is -2.28. The van der Waals surface area contributed by atoms with Gasteiger partial charge in [0.2, 0.25) is 0 Å². The van der Waals surface area contributed by atoms with Gasteiger partial charge in [-0.05, 0) is 42.9 Å². The molecule has 1 aromatic heterocycles. The summed E-state index contributed by atoms with van der Waals surface area (Å²) in [4.78, 5) is 12.1. The van der Waals surface area contributed by atoms with Crippen LogP contribution in [0.15, 0.2) is 12.1 Å². The number of methoxy groups -OCH3 is 1. The van der Waals surface area contributed by atoms with Crippen molar-refractivity contribution < 1.29 is 9.53 Å². The second kappa shape index (κ2) is 6.14. The van der Waals surface area contributed by atoms with Gasteiger partial charge in [-0.15, -0.1) is 10.2 Å². The van der Waals surface area contributed by atoms with Crippen LogP contribution in [0.1, 0.15) is 59.4 Å². The van der Waals surface area contributed by atoms with Crippen LogP contribution in [0.25, 0.3) is 11.4 Å². The molecule has 1 aliphatic carbocycles. The number of benzene rings is 1. The molecule has 5 nitrogen and oxygen atoms in total. The molecule has 1 aromatic carbocycles. The molecule has 1 heterocycles. The molecule has 23 heavy (non-hydrogen) atoms. The summed E-state index contributed by atoms with van der Waals surface area (Å²) in [5, 5.41) is 8.64. The first-order chi connectivity index (χ1) is 11.1. The highest BCUT2D eigenvalue weighted by Crippen LogP contribution is 2.42. The van der Waals surface area contributed by atoms with E-state index >= 15 is 0 Å². The molecule has 5 heteroatoms. The molecule has 2 aromatic rings. The number of rotatable bonds is 4. The standard InChI is InChI=1S/C18H23N3O2/c1-5-16-19-20-17(21(16)3)15-10-13(18(22)23-4)11(2)9-14(15)12-7-6-8-12/h9-10,12H,5-8H2,1-4H3. The van der Waals surface area contributed by atoms with E-state index in [1.165, 1.54) is 31.9 Å². The number of aromatic nitrogens is 3. The van der Waals surface area contributed by atoms with E-state index in [-0.39, 0.29) is 5.97 Å². The van der Waals surface area contributed by atoms with Gasteiger partial charge in [0.05, 0.1) is 12.7 Å². The lowest BCUT2D eigenvalue weighted by atomic mass is 9.77. The van der Waals surface area contributed by atoms with Crippen LogP contribution in [-0.2, 0) is 18.2 Å². The van der Waals surface area contributed by atoms with E-state index in [1.807, 2.05) is 24.6 Å². The van der Waals surface area contributed by atoms with Crippen molar-refractivity contribution in [3.8, 4) is 11.4 Å². The van der Waals surface area contributed by atoms with Crippen molar-refractivity contribution in [2.45, 2.75) is 45.4 Å². The van der Waals surface area contributed by atoms with E-state index in [2.05, 4.69) is 23.2 Å². The maximum atomic E-state index is 12.1. The van der Waals surface area contributed by atoms with Gasteiger partial charge < -0.3 is 9.30 Å². The van der Waals surface area contributed by atoms with E-state index in [9.17, 15) is 4.79 Å². The first-order valence-corrected chi connectivity index (χ1v) is 8.18. The normalized spacial score (nSPS) is 14.6. The molecule has 0 radical (unpaired) electrons. The summed E-state index contributed by atoms with van der Waals surface area (Å²) in [6.45, 7) is 4.03. The molecule has 0 atom stereocenters. The molecule has 1 fully saturated rings. The monoisotopic (exact) mass is 313 g/mol. The average molecular weight is 313 g/mol. The van der Waals surface area contributed by atoms with Crippen molar-refractivity contribution in [1.82, 2.24) is 14.8 Å². The molecular weight excluding hydrogens is 290 g/mol. The fourth-order valence-electron chi connectivity index (χ4n) is 3.21. The number of hydrogen-bond acceptors (Lipinski definition) is 4. The largest absolute Gasteiger partial charge is 0.465 e. The number of carbonyl (C=O) groups excluding carboxylic acids is 1. The third-order valence-electron chi connectivity index (χ3n) is 4.87. The minimum atomic E-state index is -0.304. The van der Waals surface area contributed by atoms with Gasteiger partial charge in [0.1, 0.15) is 5.82 Å². The van der Waals surface area contributed by atoms with Crippen LogP contribution in [0.5, 0.6) is 0 Å². The van der Waals surface area contributed by atoms with Gasteiger partial charge in [0.25, 0.3) is 0 Å². The molecule has 1 aliphatic rings. The molecule has 0 N–H and O–H groups in total. The second-order valence-corrected chi connectivity index (χ2v) is 6.23. The summed E-state index contributed by atoms with van der Waals surface area (Å²) in [6, 6.07) is 4.06. The van der Waals surface area contributed by atoms with Crippen LogP contribution in [0.3, 0.4) is 0 Å². The summed E-state index contributed by atoms with van der Waals surface area (Å²) in [6.07, 6.45) is 4.49. The van der Waals surface area contributed by atoms with Crippen LogP contribution in [0, 0.1) is 6.92 Å². The van der Waals surface area contributed by atoms with Crippen molar-refractivity contribution >= 4 is 5.97 Å². The van der Waals surface area contributed by atoms with Crippen molar-refractivity contribution in [3.05, 3.63) is 34.6 Å². The van der Waals surface area contributed by atoms with E-state index in [0.717, 1.165) is 29.2 Å². The molecule has 0 saturated heterocycles. The first-order valence-electron chi connectivity index (χ1n) is 8.18. The SMILES string of the molecule is CCc1nnc(-c2cc(C(=O)OC)c(C)cc2C2CCC2)n1C. The zero-order valence-electron chi connectivity index (χ0n) is 14.2. The minimum Gasteiger partial charge on any atom is -0.465 e. The van der Waals surface area contributed by atoms with Crippen LogP contribution in [0.4, 0.5) is 0 Å². The zero-order valence-corrected chi connectivity index (χ0v) is 14.2. The summed E-state index contributed by atoms with van der Waals surface area (Å²) < 4.78 is 6.95. The first kappa shape index (κ1) is 15.7. The van der Waals surface area contributed by atoms with Gasteiger partial charge in [-0.3, -0.25) is 0 Å². The van der Waals surface area contributed by atoms with Gasteiger partial charge in [-0.1, -0.05) is 19.4 Å². The van der Waals surface area contributed by atoms with Crippen molar-refractivity contribution in [1.29, 1.82) is 0 Å². The summed E-state index contributed by atoms with van der Waals surface area (Å²) >= 11 is 0. The Labute approximate surface area is 136 Å². The van der Waals surface area contributed by atoms with Gasteiger partial charge in [-0.2, -0.15) is 0 Å². The molecule has 0 spiro atoms. The Balaban J connectivity index is 2.18. The number of carbonyl (C=O) groups is 1. The van der Waals surface area contributed by atoms with E-state index in [0.29, 0.717) is 11.5 Å². The predicted molar refractivity (Wildman–Crippen MR) is 88.5 cm³/mol. The maximum Gasteiger partial charge on any atom is 0.338 e. The highest BCUT2D eigenvalue weighted by molar-refractivity contribution is 5.92. The Morgan fingerprint density at radius 3 is 2.61 bits per heavy atom. The Hall–Kier alpha value is -2.17. The lowest BCUT2D eigenvalue weighted by molar-refractivity contribution is 0.0600. The Bertz CT molecular complexity index is 745. The number of ether oxygens (including phenoxy) is 1. The van der Waals surface area contributed by atoms with Gasteiger partial charge >= 0.3 is 5.97 Å². The quantitative estimate of drug-likeness (QED) is 0.812. The highest BCUT2D eigenvalue weighted by atomic mass is 16.5. The topological polar surface area (TPSA) is 57.0 Å². The van der Waals surface area contributed by atoms with Crippen LogP contribution in [0.2, 0.25) is 0 Å². The molecule has 0 unspecified atom stereocenters. The van der Waals surface area contributed by atoms with E-state index < -0.39 is 0 Å². The Morgan fingerprint density at radius 1 is 1.35 bits per heavy atom. The number of hydrogen-bond donors (Lipinski definition) is 0. The second-order valence-electron chi connectivity index (χ2n) is 6.23. The summed E-state index contributed by atoms with van der Waals surface area (Å²) in [5.74, 6) is 2.02. The van der Waals surface area contributed by atoms with Crippen molar-refractivity contribution in [2.24, 2.45) is 7.05 Å². The number of nitrogens with zero attached hydrogens (tertiary/aromatic N) is 3. The number of aryl methyl sites for hydroxylation is 2. The van der Waals surface area contributed by atoms with E-state index in [1.54, 1.807) is 0 Å². The summed E-state index contributed by atoms with van der Waals surface area (Å²) in [5.41, 5.74) is 3.85. The van der Waals surface area contributed by atoms with Crippen LogP contribution >= 0.6 is 0 Å². The number of esters is 1. The Kier molecular flexibility index (Phi) is 4.20. The predicted octanol–water partition coefficient (Wildman–Crippen LogP) is 3.41. The van der Waals surface area contributed by atoms with Crippen LogP contribution in [-0.4, -0.2) is 27.8 Å². The lowest BCUT2D eigenvalue weighted by Crippen LogP contribution is -2.13. The van der Waals surface area contributed by atoms with E-state index in [4.69, 9.17) is 4.74 Å². The van der Waals surface area contributed by atoms with Gasteiger partial charge in [0, 0.05) is 19.0 Å². The molecular formula is C18H23N3O2. The zero-order chi connectivity index (χ0) is 16.6. The minimum absolute atomic E-state index is 0.304. The smallest absolute Gasteiger partial charge is 0.338 e. The molecule has 3 rings (SSSR count). The van der Waals surface area contributed by atoms with Crippen molar-refractivity contribution in [2.75, 3.05) is 7.11 Å².